The molecule has 0 unspecified atom stereocenters. The summed E-state index contributed by atoms with van der Waals surface area (Å²) < 4.78 is 0. The van der Waals surface area contributed by atoms with Crippen LogP contribution in [0.3, 0.4) is 0 Å². The van der Waals surface area contributed by atoms with Crippen LogP contribution in [0.5, 0.6) is 17.2 Å². The van der Waals surface area contributed by atoms with E-state index < -0.39 is 6.03 Å². The van der Waals surface area contributed by atoms with E-state index in [0.29, 0.717) is 17.1 Å². The molecule has 0 atom stereocenters. The number of amides is 2. The first kappa shape index (κ1) is 18.9. The molecule has 0 saturated carbocycles. The fourth-order valence-corrected chi connectivity index (χ4v) is 2.96. The number of phenols is 3. The molecule has 0 radical (unpaired) electrons. The number of nitrogens with one attached hydrogen (secondary N) is 5. The zero-order valence-corrected chi connectivity index (χ0v) is 15.5. The number of carbonyl (C=O) groups excluding carboxylic acids is 1. The predicted molar refractivity (Wildman–Crippen MR) is 112 cm³/mol. The van der Waals surface area contributed by atoms with Gasteiger partial charge in [-0.05, 0) is 35.4 Å². The van der Waals surface area contributed by atoms with Crippen molar-refractivity contribution in [2.75, 3.05) is 10.6 Å². The minimum absolute atomic E-state index is 0.169. The lowest BCUT2D eigenvalue weighted by Gasteiger charge is -2.14. The van der Waals surface area contributed by atoms with Crippen LogP contribution < -0.4 is 27.1 Å². The molecule has 0 bridgehead atoms. The van der Waals surface area contributed by atoms with Crippen molar-refractivity contribution < 1.29 is 20.1 Å². The Morgan fingerprint density at radius 3 is 2.17 bits per heavy atom. The second kappa shape index (κ2) is 7.89. The monoisotopic (exact) mass is 406 g/mol. The van der Waals surface area contributed by atoms with Crippen molar-refractivity contribution in [3.8, 4) is 28.4 Å². The molecule has 10 nitrogen and oxygen atoms in total. The van der Waals surface area contributed by atoms with E-state index in [0.717, 1.165) is 17.2 Å². The molecule has 0 saturated heterocycles. The predicted octanol–water partition coefficient (Wildman–Crippen LogP) is 2.39. The van der Waals surface area contributed by atoms with Crippen LogP contribution in [-0.2, 0) is 0 Å². The van der Waals surface area contributed by atoms with Gasteiger partial charge in [0.15, 0.2) is 5.84 Å². The Labute approximate surface area is 170 Å². The summed E-state index contributed by atoms with van der Waals surface area (Å²) in [7, 11) is 0. The smallest absolute Gasteiger partial charge is 0.323 e. The summed E-state index contributed by atoms with van der Waals surface area (Å²) >= 11 is 0. The van der Waals surface area contributed by atoms with Crippen LogP contribution in [0.4, 0.5) is 16.2 Å². The van der Waals surface area contributed by atoms with Crippen molar-refractivity contribution in [1.29, 1.82) is 0 Å². The molecule has 3 aromatic carbocycles. The molecule has 152 valence electrons. The SMILES string of the molecule is O=C(Nc1cc(O)cc(O)c1)Nc1ccc(-c2ccc(O)cc2)cc1C1=NNNN1. The highest BCUT2D eigenvalue weighted by molar-refractivity contribution is 6.09. The van der Waals surface area contributed by atoms with Crippen LogP contribution in [0.1, 0.15) is 5.56 Å². The minimum atomic E-state index is -0.571. The number of phenolic OH excluding ortho intramolecular Hbond substituents is 3. The van der Waals surface area contributed by atoms with Crippen molar-refractivity contribution >= 4 is 23.2 Å². The first-order chi connectivity index (χ1) is 14.5. The zero-order chi connectivity index (χ0) is 21.1. The molecule has 3 aromatic rings. The van der Waals surface area contributed by atoms with Gasteiger partial charge in [-0.25, -0.2) is 10.3 Å². The third kappa shape index (κ3) is 4.18. The number of hydrazone groups is 1. The lowest BCUT2D eigenvalue weighted by molar-refractivity contribution is 0.262. The first-order valence-electron chi connectivity index (χ1n) is 8.86. The molecule has 0 spiro atoms. The summed E-state index contributed by atoms with van der Waals surface area (Å²) in [4.78, 5) is 12.5. The second-order valence-corrected chi connectivity index (χ2v) is 6.45. The van der Waals surface area contributed by atoms with E-state index in [1.165, 1.54) is 12.1 Å². The highest BCUT2D eigenvalue weighted by atomic mass is 16.3. The lowest BCUT2D eigenvalue weighted by atomic mass is 10.0. The van der Waals surface area contributed by atoms with Crippen LogP contribution >= 0.6 is 0 Å². The largest absolute Gasteiger partial charge is 0.508 e. The highest BCUT2D eigenvalue weighted by Crippen LogP contribution is 2.28. The number of hydrogen-bond acceptors (Lipinski definition) is 8. The molecule has 10 heteroatoms. The van der Waals surface area contributed by atoms with Crippen molar-refractivity contribution in [3.63, 3.8) is 0 Å². The summed E-state index contributed by atoms with van der Waals surface area (Å²) in [5.74, 6) is 0.278. The van der Waals surface area contributed by atoms with E-state index in [-0.39, 0.29) is 22.9 Å². The van der Waals surface area contributed by atoms with Crippen LogP contribution in [-0.4, -0.2) is 27.2 Å². The number of carbonyl (C=O) groups is 1. The van der Waals surface area contributed by atoms with Crippen LogP contribution in [0, 0.1) is 0 Å². The molecule has 0 aromatic heterocycles. The van der Waals surface area contributed by atoms with Gasteiger partial charge in [0.05, 0.1) is 5.69 Å². The van der Waals surface area contributed by atoms with Gasteiger partial charge in [-0.3, -0.25) is 5.43 Å². The zero-order valence-electron chi connectivity index (χ0n) is 15.5. The summed E-state index contributed by atoms with van der Waals surface area (Å²) in [6, 6.07) is 15.3. The molecule has 2 amide bonds. The normalized spacial score (nSPS) is 12.5. The number of rotatable bonds is 4. The quantitative estimate of drug-likeness (QED) is 0.331. The summed E-state index contributed by atoms with van der Waals surface area (Å²) in [5, 5.41) is 38.0. The molecule has 8 N–H and O–H groups in total. The maximum atomic E-state index is 12.5. The highest BCUT2D eigenvalue weighted by Gasteiger charge is 2.16. The van der Waals surface area contributed by atoms with E-state index in [1.54, 1.807) is 30.3 Å². The Hall–Kier alpha value is -4.44. The van der Waals surface area contributed by atoms with Gasteiger partial charge < -0.3 is 26.0 Å². The fourth-order valence-electron chi connectivity index (χ4n) is 2.96. The molecule has 1 heterocycles. The molecular weight excluding hydrogens is 388 g/mol. The number of hydrogen-bond donors (Lipinski definition) is 8. The lowest BCUT2D eigenvalue weighted by Crippen LogP contribution is -2.35. The first-order valence-corrected chi connectivity index (χ1v) is 8.86. The van der Waals surface area contributed by atoms with Crippen LogP contribution in [0.25, 0.3) is 11.1 Å². The Morgan fingerprint density at radius 1 is 0.800 bits per heavy atom. The van der Waals surface area contributed by atoms with E-state index >= 15 is 0 Å². The van der Waals surface area contributed by atoms with Crippen molar-refractivity contribution in [1.82, 2.24) is 16.5 Å². The van der Waals surface area contributed by atoms with Gasteiger partial charge in [-0.2, -0.15) is 0 Å². The summed E-state index contributed by atoms with van der Waals surface area (Å²) in [6.07, 6.45) is 0. The van der Waals surface area contributed by atoms with Gasteiger partial charge in [0.2, 0.25) is 0 Å². The van der Waals surface area contributed by atoms with E-state index in [4.69, 9.17) is 0 Å². The average molecular weight is 406 g/mol. The number of amidine groups is 1. The van der Waals surface area contributed by atoms with Gasteiger partial charge in [0, 0.05) is 29.4 Å². The van der Waals surface area contributed by atoms with E-state index in [9.17, 15) is 20.1 Å². The molecule has 30 heavy (non-hydrogen) atoms. The Bertz CT molecular complexity index is 1110. The van der Waals surface area contributed by atoms with Gasteiger partial charge in [-0.1, -0.05) is 18.2 Å². The summed E-state index contributed by atoms with van der Waals surface area (Å²) in [6.45, 7) is 0. The van der Waals surface area contributed by atoms with Gasteiger partial charge >= 0.3 is 6.03 Å². The molecule has 1 aliphatic rings. The maximum Gasteiger partial charge on any atom is 0.323 e. The Kier molecular flexibility index (Phi) is 4.97. The number of urea groups is 1. The Morgan fingerprint density at radius 2 is 1.50 bits per heavy atom. The third-order valence-corrected chi connectivity index (χ3v) is 4.29. The minimum Gasteiger partial charge on any atom is -0.508 e. The third-order valence-electron chi connectivity index (χ3n) is 4.29. The molecule has 1 aliphatic heterocycles. The standard InChI is InChI=1S/C20H18N6O4/c27-14-4-1-11(2-5-14)12-3-6-18(17(7-12)19-23-25-26-24-19)22-20(30)21-13-8-15(28)10-16(29)9-13/h1-10,25-29H,(H,23,24)(H2,21,22,30). The Balaban J connectivity index is 1.61. The van der Waals surface area contributed by atoms with Crippen LogP contribution in [0.15, 0.2) is 65.8 Å². The van der Waals surface area contributed by atoms with Crippen molar-refractivity contribution in [3.05, 3.63) is 66.2 Å². The number of anilines is 2. The second-order valence-electron chi connectivity index (χ2n) is 6.45. The summed E-state index contributed by atoms with van der Waals surface area (Å²) in [5.41, 5.74) is 11.1. The van der Waals surface area contributed by atoms with Crippen molar-refractivity contribution in [2.45, 2.75) is 0 Å². The number of benzene rings is 3. The fraction of sp³-hybridized carbons (Fsp3) is 0. The van der Waals surface area contributed by atoms with Crippen LogP contribution in [0.2, 0.25) is 0 Å². The van der Waals surface area contributed by atoms with Gasteiger partial charge in [-0.15, -0.1) is 10.6 Å². The van der Waals surface area contributed by atoms with E-state index in [2.05, 4.69) is 32.2 Å². The molecule has 4 rings (SSSR count). The van der Waals surface area contributed by atoms with Gasteiger partial charge in [0.1, 0.15) is 17.2 Å². The average Bonchev–Trinajstić information content (AvgIpc) is 3.23. The van der Waals surface area contributed by atoms with E-state index in [1.807, 2.05) is 12.1 Å². The molecule has 0 aliphatic carbocycles. The number of hydrazine groups is 2. The van der Waals surface area contributed by atoms with Gasteiger partial charge in [0.25, 0.3) is 0 Å². The molecule has 0 fully saturated rings. The topological polar surface area (TPSA) is 150 Å². The number of nitrogens with zero attached hydrogens (tertiary/aromatic N) is 1. The maximum absolute atomic E-state index is 12.5. The molecular formula is C20H18N6O4. The number of aromatic hydroxyl groups is 3. The van der Waals surface area contributed by atoms with Crippen molar-refractivity contribution in [2.24, 2.45) is 5.10 Å².